The first-order valence-corrected chi connectivity index (χ1v) is 29.1. The zero-order valence-corrected chi connectivity index (χ0v) is 55.8. The van der Waals surface area contributed by atoms with Gasteiger partial charge in [-0.25, -0.2) is 0 Å². The van der Waals surface area contributed by atoms with Crippen molar-refractivity contribution in [2.24, 2.45) is 0 Å². The van der Waals surface area contributed by atoms with Gasteiger partial charge in [0.2, 0.25) is 0 Å². The molecular weight excluding hydrogens is 1420 g/mol. The zero-order chi connectivity index (χ0) is 58.9. The number of nitrogens with zero attached hydrogens (tertiary/aromatic N) is 10. The van der Waals surface area contributed by atoms with Gasteiger partial charge in [0.25, 0.3) is 0 Å². The first-order chi connectivity index (χ1) is 40.0. The Labute approximate surface area is 534 Å². The summed E-state index contributed by atoms with van der Waals surface area (Å²) >= 11 is 0. The molecule has 0 radical (unpaired) electrons. The molecule has 10 aromatic rings. The summed E-state index contributed by atoms with van der Waals surface area (Å²) in [6.45, 7) is 27.2. The summed E-state index contributed by atoms with van der Waals surface area (Å²) in [5, 5.41) is 18.3. The number of fused-ring (bicyclic) bond motifs is 8. The summed E-state index contributed by atoms with van der Waals surface area (Å²) in [5.41, 5.74) is 21.1. The summed E-state index contributed by atoms with van der Waals surface area (Å²) < 4.78 is 7.95. The summed E-state index contributed by atoms with van der Waals surface area (Å²) in [7, 11) is 3.99. The van der Waals surface area contributed by atoms with Gasteiger partial charge < -0.3 is 20.4 Å². The van der Waals surface area contributed by atoms with Crippen LogP contribution < -0.4 is 19.3 Å². The molecule has 432 valence electrons. The summed E-state index contributed by atoms with van der Waals surface area (Å²) in [4.78, 5) is 9.38. The fraction of sp³-hybridized carbons (Fsp3) is 0.270. The van der Waals surface area contributed by atoms with Crippen molar-refractivity contribution in [1.29, 1.82) is 0 Å². The second-order valence-corrected chi connectivity index (χ2v) is 27.0. The van der Waals surface area contributed by atoms with Crippen LogP contribution in [-0.2, 0) is 74.6 Å². The number of hydrogen-bond acceptors (Lipinski definition) is 4. The molecule has 12 heteroatoms. The van der Waals surface area contributed by atoms with Crippen LogP contribution in [0.5, 0.6) is 0 Å². The van der Waals surface area contributed by atoms with E-state index in [4.69, 9.17) is 20.2 Å². The average molecular weight is 1490 g/mol. The molecule has 0 amide bonds. The molecule has 0 bridgehead atoms. The van der Waals surface area contributed by atoms with E-state index >= 15 is 0 Å². The maximum atomic E-state index is 4.78. The fourth-order valence-corrected chi connectivity index (χ4v) is 12.9. The van der Waals surface area contributed by atoms with E-state index < -0.39 is 10.8 Å². The van der Waals surface area contributed by atoms with Crippen molar-refractivity contribution in [2.75, 3.05) is 14.1 Å². The van der Waals surface area contributed by atoms with Crippen LogP contribution in [0.25, 0.3) is 22.3 Å². The van der Waals surface area contributed by atoms with Gasteiger partial charge >= 0.3 is 77.2 Å². The molecule has 0 N–H and O–H groups in total. The van der Waals surface area contributed by atoms with Crippen LogP contribution in [-0.4, -0.2) is 55.4 Å². The van der Waals surface area contributed by atoms with Crippen molar-refractivity contribution in [3.63, 3.8) is 0 Å². The van der Waals surface area contributed by atoms with Gasteiger partial charge in [-0.3, -0.25) is 0 Å². The largest absolute Gasteiger partial charge is 2.00 e. The van der Waals surface area contributed by atoms with E-state index in [0.717, 1.165) is 56.9 Å². The predicted octanol–water partition coefficient (Wildman–Crippen LogP) is 15.0. The second kappa shape index (κ2) is 21.5. The third-order valence-electron chi connectivity index (χ3n) is 17.5. The van der Waals surface area contributed by atoms with Crippen molar-refractivity contribution in [3.8, 4) is 22.3 Å². The Hall–Kier alpha value is -7.82. The van der Waals surface area contributed by atoms with Crippen LogP contribution in [0.15, 0.2) is 170 Å². The minimum absolute atomic E-state index is 0. The molecule has 0 unspecified atom stereocenters. The van der Waals surface area contributed by atoms with Crippen LogP contribution in [0.2, 0.25) is 0 Å². The number of aromatic nitrogens is 6. The third-order valence-corrected chi connectivity index (χ3v) is 17.5. The molecular formula is C74H70N10Pt2+4. The molecule has 0 atom stereocenters. The maximum Gasteiger partial charge on any atom is 2.00 e. The van der Waals surface area contributed by atoms with Crippen LogP contribution in [0.4, 0.5) is 34.4 Å². The van der Waals surface area contributed by atoms with Crippen molar-refractivity contribution in [3.05, 3.63) is 250 Å². The van der Waals surface area contributed by atoms with Gasteiger partial charge in [0.1, 0.15) is 11.4 Å². The van der Waals surface area contributed by atoms with E-state index in [1.54, 1.807) is 12.4 Å². The minimum Gasteiger partial charge on any atom is -0.581 e. The summed E-state index contributed by atoms with van der Waals surface area (Å²) in [6.07, 6.45) is 7.25. The van der Waals surface area contributed by atoms with Crippen molar-refractivity contribution in [2.45, 2.75) is 116 Å². The van der Waals surface area contributed by atoms with E-state index in [2.05, 4.69) is 251 Å². The number of hydrogen-bond donors (Lipinski definition) is 0. The van der Waals surface area contributed by atoms with Crippen LogP contribution >= 0.6 is 0 Å². The first kappa shape index (κ1) is 59.9. The Morgan fingerprint density at radius 1 is 0.407 bits per heavy atom. The Kier molecular flexibility index (Phi) is 15.0. The predicted molar refractivity (Wildman–Crippen MR) is 335 cm³/mol. The smallest absolute Gasteiger partial charge is 0.581 e. The van der Waals surface area contributed by atoms with Gasteiger partial charge in [0, 0.05) is 35.9 Å². The number of benzene rings is 6. The quantitative estimate of drug-likeness (QED) is 0.122. The SMILES string of the molecule is C[N+]1=C=[N+](c2[c-]c(C3(c4cc[n-]n4)c4cc(C(C)(C)C)ccc4-c4ccc(C(C)(C)C)cc43)ccc2)c2ncccc21.C[N+]1=C=[N+](c2[c-]c(C3(c4cc[n-]n4)c4cc(C(C)(C)C)ccc4-c4ccc(C(C)(C)C)cc43)ccc2)c2ncccc21.[Pt+2].[Pt+2]. The Morgan fingerprint density at radius 2 is 0.733 bits per heavy atom. The molecule has 14 rings (SSSR count). The molecule has 0 spiro atoms. The summed E-state index contributed by atoms with van der Waals surface area (Å²) in [6, 6.07) is 67.3. The minimum atomic E-state index is -0.696. The average Bonchev–Trinajstić information content (AvgIpc) is 1.56. The van der Waals surface area contributed by atoms with Crippen molar-refractivity contribution < 1.29 is 51.3 Å². The van der Waals surface area contributed by atoms with E-state index in [1.807, 2.05) is 56.9 Å². The molecule has 4 aliphatic rings. The van der Waals surface area contributed by atoms with Crippen molar-refractivity contribution >= 4 is 46.4 Å². The van der Waals surface area contributed by atoms with Crippen LogP contribution in [0, 0.1) is 12.1 Å². The third kappa shape index (κ3) is 9.56. The van der Waals surface area contributed by atoms with E-state index in [1.165, 1.54) is 66.8 Å². The Morgan fingerprint density at radius 3 is 1.02 bits per heavy atom. The molecule has 6 heterocycles. The van der Waals surface area contributed by atoms with Gasteiger partial charge in [-0.2, -0.15) is 46.6 Å². The molecule has 0 saturated carbocycles. The van der Waals surface area contributed by atoms with Gasteiger partial charge in [-0.15, -0.1) is 23.3 Å². The summed E-state index contributed by atoms with van der Waals surface area (Å²) in [5.74, 6) is 1.68. The Balaban J connectivity index is 0.000000175. The number of rotatable bonds is 6. The van der Waals surface area contributed by atoms with E-state index in [0.29, 0.717) is 0 Å². The monoisotopic (exact) mass is 1490 g/mol. The maximum absolute atomic E-state index is 4.78. The fourth-order valence-electron chi connectivity index (χ4n) is 12.9. The van der Waals surface area contributed by atoms with Crippen LogP contribution in [0.1, 0.15) is 150 Å². The zero-order valence-electron chi connectivity index (χ0n) is 51.3. The molecule has 4 aromatic heterocycles. The van der Waals surface area contributed by atoms with Gasteiger partial charge in [0.15, 0.2) is 14.1 Å². The number of pyridine rings is 2. The molecule has 6 aromatic carbocycles. The molecule has 2 aliphatic carbocycles. The van der Waals surface area contributed by atoms with Gasteiger partial charge in [-0.05, 0) is 101 Å². The van der Waals surface area contributed by atoms with E-state index in [-0.39, 0.29) is 63.8 Å². The van der Waals surface area contributed by atoms with Gasteiger partial charge in [-0.1, -0.05) is 198 Å². The van der Waals surface area contributed by atoms with Gasteiger partial charge in [0.05, 0.1) is 10.8 Å². The molecule has 0 saturated heterocycles. The standard InChI is InChI=1S/2C37H35N5.2Pt/c2*1-35(2,3)24-13-15-28-29-16-14-25(36(4,5)6)22-31(29)37(30(28)21-24,33-17-19-39-40-33)26-10-8-11-27(20-26)42-23-41(7)32-12-9-18-38-34(32)42;;/h2*8-19,21-22H,1-7H3;;/q;;2*+2. The molecule has 86 heavy (non-hydrogen) atoms. The molecule has 0 fully saturated rings. The molecule has 10 nitrogen and oxygen atoms in total. The normalized spacial score (nSPS) is 14.8. The molecule has 2 aliphatic heterocycles. The second-order valence-electron chi connectivity index (χ2n) is 27.0. The topological polar surface area (TPSA) is 91.8 Å². The van der Waals surface area contributed by atoms with Crippen LogP contribution in [0.3, 0.4) is 0 Å². The van der Waals surface area contributed by atoms with E-state index in [9.17, 15) is 0 Å². The van der Waals surface area contributed by atoms with Crippen molar-refractivity contribution in [1.82, 2.24) is 39.5 Å². The first-order valence-electron chi connectivity index (χ1n) is 29.1. The Bertz CT molecular complexity index is 4060.